The fraction of sp³-hybridized carbons (Fsp3) is 0.727. The molecular weight excluding hydrogens is 162 g/mol. The molecule has 0 rings (SSSR count). The average molecular weight is 183 g/mol. The van der Waals surface area contributed by atoms with E-state index < -0.39 is 0 Å². The zero-order valence-corrected chi connectivity index (χ0v) is 9.35. The van der Waals surface area contributed by atoms with Gasteiger partial charge in [-0.25, -0.2) is 0 Å². The molecule has 1 amide bonds. The molecule has 0 saturated heterocycles. The van der Waals surface area contributed by atoms with E-state index in [1.165, 1.54) is 6.08 Å². The van der Waals surface area contributed by atoms with Crippen LogP contribution in [-0.2, 0) is 4.79 Å². The second-order valence-electron chi connectivity index (χ2n) is 4.69. The lowest BCUT2D eigenvalue weighted by Crippen LogP contribution is -2.30. The van der Waals surface area contributed by atoms with Crippen molar-refractivity contribution >= 4 is 5.91 Å². The van der Waals surface area contributed by atoms with Crippen LogP contribution in [0.3, 0.4) is 0 Å². The predicted molar refractivity (Wildman–Crippen MR) is 56.2 cm³/mol. The van der Waals surface area contributed by atoms with Crippen molar-refractivity contribution in [3.8, 4) is 0 Å². The Kier molecular flexibility index (Phi) is 3.71. The number of hydrogen-bond acceptors (Lipinski definition) is 1. The molecule has 2 nitrogen and oxygen atoms in total. The molecule has 2 N–H and O–H groups in total. The molecule has 0 aromatic heterocycles. The van der Waals surface area contributed by atoms with Gasteiger partial charge in [0, 0.05) is 0 Å². The van der Waals surface area contributed by atoms with Gasteiger partial charge in [0.2, 0.25) is 5.91 Å². The van der Waals surface area contributed by atoms with E-state index in [0.717, 1.165) is 6.42 Å². The van der Waals surface area contributed by atoms with Crippen molar-refractivity contribution in [3.63, 3.8) is 0 Å². The fourth-order valence-corrected chi connectivity index (χ4v) is 0.972. The second kappa shape index (κ2) is 3.95. The van der Waals surface area contributed by atoms with Crippen LogP contribution in [0.15, 0.2) is 12.2 Å². The van der Waals surface area contributed by atoms with Gasteiger partial charge >= 0.3 is 0 Å². The van der Waals surface area contributed by atoms with Gasteiger partial charge in [-0.15, -0.1) is 0 Å². The minimum atomic E-state index is -0.375. The third-order valence-electron chi connectivity index (χ3n) is 3.29. The van der Waals surface area contributed by atoms with Crippen LogP contribution in [0, 0.1) is 10.8 Å². The maximum atomic E-state index is 10.6. The van der Waals surface area contributed by atoms with E-state index in [0.29, 0.717) is 0 Å². The summed E-state index contributed by atoms with van der Waals surface area (Å²) in [5, 5.41) is 0. The number of carbonyl (C=O) groups excluding carboxylic acids is 1. The van der Waals surface area contributed by atoms with Crippen molar-refractivity contribution in [2.45, 2.75) is 41.0 Å². The highest BCUT2D eigenvalue weighted by Crippen LogP contribution is 2.42. The minimum Gasteiger partial charge on any atom is -0.366 e. The molecule has 0 spiro atoms. The van der Waals surface area contributed by atoms with Crippen molar-refractivity contribution in [3.05, 3.63) is 12.2 Å². The van der Waals surface area contributed by atoms with Gasteiger partial charge in [-0.1, -0.05) is 47.1 Å². The first-order valence-corrected chi connectivity index (χ1v) is 4.71. The molecule has 13 heavy (non-hydrogen) atoms. The number of carbonyl (C=O) groups is 1. The minimum absolute atomic E-state index is 0.00319. The normalized spacial score (nSPS) is 13.6. The van der Waals surface area contributed by atoms with Crippen LogP contribution in [0.5, 0.6) is 0 Å². The van der Waals surface area contributed by atoms with Crippen molar-refractivity contribution in [2.75, 3.05) is 0 Å². The third kappa shape index (κ3) is 3.21. The summed E-state index contributed by atoms with van der Waals surface area (Å²) < 4.78 is 0. The molecule has 0 aliphatic carbocycles. The third-order valence-corrected chi connectivity index (χ3v) is 3.29. The van der Waals surface area contributed by atoms with E-state index in [1.54, 1.807) is 0 Å². The Bertz CT molecular complexity index is 214. The van der Waals surface area contributed by atoms with Gasteiger partial charge in [-0.3, -0.25) is 4.79 Å². The first kappa shape index (κ1) is 12.2. The topological polar surface area (TPSA) is 43.1 Å². The Hall–Kier alpha value is -0.790. The summed E-state index contributed by atoms with van der Waals surface area (Å²) in [6.07, 6.45) is 4.43. The predicted octanol–water partition coefficient (Wildman–Crippen LogP) is 2.49. The highest BCUT2D eigenvalue weighted by molar-refractivity contribution is 5.85. The van der Waals surface area contributed by atoms with Crippen LogP contribution < -0.4 is 5.73 Å². The molecule has 0 aromatic rings. The van der Waals surface area contributed by atoms with Crippen molar-refractivity contribution in [1.29, 1.82) is 0 Å². The summed E-state index contributed by atoms with van der Waals surface area (Å²) in [7, 11) is 0. The SMILES string of the molecule is CCC(C)(C)C(C)(C)C=CC(N)=O. The fourth-order valence-electron chi connectivity index (χ4n) is 0.972. The highest BCUT2D eigenvalue weighted by atomic mass is 16.1. The summed E-state index contributed by atoms with van der Waals surface area (Å²) in [5.74, 6) is -0.375. The van der Waals surface area contributed by atoms with Gasteiger partial charge in [-0.2, -0.15) is 0 Å². The Morgan fingerprint density at radius 3 is 2.08 bits per heavy atom. The molecule has 0 radical (unpaired) electrons. The quantitative estimate of drug-likeness (QED) is 0.668. The van der Waals surface area contributed by atoms with Gasteiger partial charge in [0.15, 0.2) is 0 Å². The molecular formula is C11H21NO. The lowest BCUT2D eigenvalue weighted by Gasteiger charge is -2.38. The summed E-state index contributed by atoms with van der Waals surface area (Å²) in [4.78, 5) is 10.6. The molecule has 0 bridgehead atoms. The van der Waals surface area contributed by atoms with E-state index >= 15 is 0 Å². The van der Waals surface area contributed by atoms with Crippen molar-refractivity contribution in [2.24, 2.45) is 16.6 Å². The molecule has 0 aliphatic rings. The van der Waals surface area contributed by atoms with E-state index in [1.807, 2.05) is 6.08 Å². The van der Waals surface area contributed by atoms with Gasteiger partial charge < -0.3 is 5.73 Å². The summed E-state index contributed by atoms with van der Waals surface area (Å²) >= 11 is 0. The smallest absolute Gasteiger partial charge is 0.241 e. The molecule has 0 aliphatic heterocycles. The standard InChI is InChI=1S/C11H21NO/c1-6-10(2,3)11(4,5)8-7-9(12)13/h7-8H,6H2,1-5H3,(H2,12,13). The summed E-state index contributed by atoms with van der Waals surface area (Å²) in [6.45, 7) is 10.8. The zero-order chi connectivity index (χ0) is 10.7. The zero-order valence-electron chi connectivity index (χ0n) is 9.35. The number of amides is 1. The summed E-state index contributed by atoms with van der Waals surface area (Å²) in [6, 6.07) is 0. The van der Waals surface area contributed by atoms with Crippen molar-refractivity contribution < 1.29 is 4.79 Å². The lowest BCUT2D eigenvalue weighted by atomic mass is 9.66. The van der Waals surface area contributed by atoms with Gasteiger partial charge in [-0.05, 0) is 16.9 Å². The lowest BCUT2D eigenvalue weighted by molar-refractivity contribution is -0.113. The highest BCUT2D eigenvalue weighted by Gasteiger charge is 2.32. The van der Waals surface area contributed by atoms with E-state index in [-0.39, 0.29) is 16.7 Å². The number of hydrogen-bond donors (Lipinski definition) is 1. The molecule has 0 saturated carbocycles. The van der Waals surface area contributed by atoms with Crippen LogP contribution in [0.4, 0.5) is 0 Å². The molecule has 0 atom stereocenters. The van der Waals surface area contributed by atoms with Crippen molar-refractivity contribution in [1.82, 2.24) is 0 Å². The molecule has 0 heterocycles. The molecule has 0 fully saturated rings. The molecule has 76 valence electrons. The van der Waals surface area contributed by atoms with Crippen LogP contribution in [0.25, 0.3) is 0 Å². The number of primary amides is 1. The molecule has 2 heteroatoms. The Labute approximate surface area is 81.2 Å². The van der Waals surface area contributed by atoms with Crippen LogP contribution in [0.2, 0.25) is 0 Å². The van der Waals surface area contributed by atoms with E-state index in [9.17, 15) is 4.79 Å². The van der Waals surface area contributed by atoms with Gasteiger partial charge in [0.1, 0.15) is 0 Å². The Balaban J connectivity index is 4.66. The maximum Gasteiger partial charge on any atom is 0.241 e. The first-order valence-electron chi connectivity index (χ1n) is 4.71. The Morgan fingerprint density at radius 2 is 1.77 bits per heavy atom. The van der Waals surface area contributed by atoms with E-state index in [4.69, 9.17) is 5.73 Å². The molecule has 0 unspecified atom stereocenters. The van der Waals surface area contributed by atoms with Gasteiger partial charge in [0.05, 0.1) is 0 Å². The monoisotopic (exact) mass is 183 g/mol. The van der Waals surface area contributed by atoms with Gasteiger partial charge in [0.25, 0.3) is 0 Å². The summed E-state index contributed by atoms with van der Waals surface area (Å²) in [5.41, 5.74) is 5.23. The van der Waals surface area contributed by atoms with Crippen LogP contribution >= 0.6 is 0 Å². The number of rotatable bonds is 4. The second-order valence-corrected chi connectivity index (χ2v) is 4.69. The first-order chi connectivity index (χ1) is 5.73. The number of nitrogens with two attached hydrogens (primary N) is 1. The number of allylic oxidation sites excluding steroid dienone is 1. The average Bonchev–Trinajstić information content (AvgIpc) is 2.01. The molecule has 0 aromatic carbocycles. The largest absolute Gasteiger partial charge is 0.366 e. The Morgan fingerprint density at radius 1 is 1.31 bits per heavy atom. The van der Waals surface area contributed by atoms with E-state index in [2.05, 4.69) is 34.6 Å². The van der Waals surface area contributed by atoms with Crippen LogP contribution in [-0.4, -0.2) is 5.91 Å². The van der Waals surface area contributed by atoms with Crippen LogP contribution in [0.1, 0.15) is 41.0 Å². The maximum absolute atomic E-state index is 10.6.